The zero-order valence-electron chi connectivity index (χ0n) is 17.9. The zero-order chi connectivity index (χ0) is 22.1. The first kappa shape index (κ1) is 21.8. The van der Waals surface area contributed by atoms with Crippen LogP contribution in [0.2, 0.25) is 0 Å². The number of carbonyl (C=O) groups is 4. The number of esters is 1. The molecule has 0 aromatic heterocycles. The van der Waals surface area contributed by atoms with E-state index in [9.17, 15) is 19.2 Å². The third kappa shape index (κ3) is 4.17. The number of amides is 4. The fourth-order valence-corrected chi connectivity index (χ4v) is 4.12. The van der Waals surface area contributed by atoms with Crippen molar-refractivity contribution in [2.24, 2.45) is 0 Å². The topological polar surface area (TPSA) is 105 Å². The van der Waals surface area contributed by atoms with E-state index in [-0.39, 0.29) is 11.8 Å². The van der Waals surface area contributed by atoms with Gasteiger partial charge in [0.05, 0.1) is 0 Å². The van der Waals surface area contributed by atoms with Gasteiger partial charge in [-0.05, 0) is 43.7 Å². The molecule has 1 aliphatic carbocycles. The Hall–Kier alpha value is -2.90. The first-order chi connectivity index (χ1) is 14.1. The quantitative estimate of drug-likeness (QED) is 0.549. The highest BCUT2D eigenvalue weighted by atomic mass is 16.5. The molecule has 30 heavy (non-hydrogen) atoms. The molecule has 8 heteroatoms. The Balaban J connectivity index is 1.60. The van der Waals surface area contributed by atoms with E-state index in [1.165, 1.54) is 6.92 Å². The van der Waals surface area contributed by atoms with Crippen LogP contribution in [0, 0.1) is 6.92 Å². The van der Waals surface area contributed by atoms with Crippen molar-refractivity contribution in [3.8, 4) is 0 Å². The Bertz CT molecular complexity index is 874. The number of carbonyl (C=O) groups excluding carboxylic acids is 4. The zero-order valence-corrected chi connectivity index (χ0v) is 17.9. The number of nitrogens with one attached hydrogen (secondary N) is 2. The van der Waals surface area contributed by atoms with Gasteiger partial charge in [-0.15, -0.1) is 0 Å². The van der Waals surface area contributed by atoms with Crippen LogP contribution in [-0.2, 0) is 19.1 Å². The lowest BCUT2D eigenvalue weighted by Gasteiger charge is -2.21. The minimum Gasteiger partial charge on any atom is -0.451 e. The summed E-state index contributed by atoms with van der Waals surface area (Å²) in [6, 6.07) is 5.19. The molecule has 0 unspecified atom stereocenters. The molecule has 1 saturated heterocycles. The molecule has 2 aliphatic rings. The smallest absolute Gasteiger partial charge is 0.327 e. The lowest BCUT2D eigenvalue weighted by atomic mass is 9.98. The highest BCUT2D eigenvalue weighted by Crippen LogP contribution is 2.35. The Labute approximate surface area is 176 Å². The number of urea groups is 1. The van der Waals surface area contributed by atoms with Crippen molar-refractivity contribution >= 4 is 29.5 Å². The van der Waals surface area contributed by atoms with Crippen molar-refractivity contribution in [2.45, 2.75) is 70.9 Å². The van der Waals surface area contributed by atoms with Crippen LogP contribution >= 0.6 is 0 Å². The van der Waals surface area contributed by atoms with Crippen LogP contribution in [0.5, 0.6) is 0 Å². The molecule has 0 radical (unpaired) electrons. The number of rotatable bonds is 6. The van der Waals surface area contributed by atoms with Crippen molar-refractivity contribution in [3.63, 3.8) is 0 Å². The van der Waals surface area contributed by atoms with Gasteiger partial charge >= 0.3 is 12.0 Å². The van der Waals surface area contributed by atoms with Gasteiger partial charge in [-0.2, -0.15) is 0 Å². The van der Waals surface area contributed by atoms with Crippen LogP contribution in [0.25, 0.3) is 0 Å². The van der Waals surface area contributed by atoms with Crippen LogP contribution in [0.15, 0.2) is 18.2 Å². The van der Waals surface area contributed by atoms with Crippen LogP contribution < -0.4 is 10.6 Å². The number of nitrogens with zero attached hydrogens (tertiary/aromatic N) is 1. The highest BCUT2D eigenvalue weighted by molar-refractivity contribution is 6.09. The molecule has 2 N–H and O–H groups in total. The van der Waals surface area contributed by atoms with Crippen molar-refractivity contribution in [2.75, 3.05) is 11.9 Å². The molecule has 1 heterocycles. The van der Waals surface area contributed by atoms with Gasteiger partial charge in [-0.25, -0.2) is 4.79 Å². The summed E-state index contributed by atoms with van der Waals surface area (Å²) in [5.74, 6) is -1.45. The van der Waals surface area contributed by atoms with E-state index in [1.807, 2.05) is 39.0 Å². The molecule has 2 fully saturated rings. The fraction of sp³-hybridized carbons (Fsp3) is 0.545. The van der Waals surface area contributed by atoms with Gasteiger partial charge in [0.15, 0.2) is 6.10 Å². The first-order valence-corrected chi connectivity index (χ1v) is 10.4. The molecule has 1 spiro atoms. The van der Waals surface area contributed by atoms with Gasteiger partial charge in [0, 0.05) is 5.69 Å². The minimum atomic E-state index is -1.07. The average Bonchev–Trinajstić information content (AvgIpc) is 3.23. The number of ether oxygens (including phenoxy) is 1. The summed E-state index contributed by atoms with van der Waals surface area (Å²) in [6.45, 7) is 6.91. The summed E-state index contributed by atoms with van der Waals surface area (Å²) >= 11 is 0. The Morgan fingerprint density at radius 3 is 2.50 bits per heavy atom. The normalized spacial score (nSPS) is 18.6. The lowest BCUT2D eigenvalue weighted by molar-refractivity contribution is -0.155. The molecule has 8 nitrogen and oxygen atoms in total. The van der Waals surface area contributed by atoms with Gasteiger partial charge in [0.1, 0.15) is 12.1 Å². The monoisotopic (exact) mass is 415 g/mol. The molecular formula is C22H29N3O5. The standard InChI is InChI=1S/C22H29N3O5/c1-13(2)16-9-7-8-14(3)18(16)23-19(27)15(4)30-17(26)12-25-20(28)22(24-21(25)29)10-5-6-11-22/h7-9,13,15H,5-6,10-12H2,1-4H3,(H,23,27)(H,24,29)/t15-/m0/s1. The third-order valence-electron chi connectivity index (χ3n) is 5.84. The summed E-state index contributed by atoms with van der Waals surface area (Å²) in [6.07, 6.45) is 1.81. The van der Waals surface area contributed by atoms with Crippen LogP contribution in [0.1, 0.15) is 63.5 Å². The summed E-state index contributed by atoms with van der Waals surface area (Å²) in [5.41, 5.74) is 1.73. The predicted molar refractivity (Wildman–Crippen MR) is 111 cm³/mol. The number of anilines is 1. The van der Waals surface area contributed by atoms with E-state index in [2.05, 4.69) is 10.6 Å². The summed E-state index contributed by atoms with van der Waals surface area (Å²) in [7, 11) is 0. The Kier molecular flexibility index (Phi) is 6.14. The van der Waals surface area contributed by atoms with Crippen molar-refractivity contribution in [1.82, 2.24) is 10.2 Å². The number of imide groups is 1. The molecule has 1 aromatic rings. The Morgan fingerprint density at radius 2 is 1.87 bits per heavy atom. The van der Waals surface area contributed by atoms with E-state index >= 15 is 0 Å². The molecule has 4 amide bonds. The minimum absolute atomic E-state index is 0.209. The SMILES string of the molecule is Cc1cccc(C(C)C)c1NC(=O)[C@H](C)OC(=O)CN1C(=O)NC2(CCCC2)C1=O. The number of para-hydroxylation sites is 1. The number of benzene rings is 1. The van der Waals surface area contributed by atoms with Crippen molar-refractivity contribution in [1.29, 1.82) is 0 Å². The van der Waals surface area contributed by atoms with Crippen LogP contribution in [0.4, 0.5) is 10.5 Å². The first-order valence-electron chi connectivity index (χ1n) is 10.4. The van der Waals surface area contributed by atoms with Gasteiger partial charge in [0.25, 0.3) is 11.8 Å². The van der Waals surface area contributed by atoms with E-state index in [1.54, 1.807) is 0 Å². The van der Waals surface area contributed by atoms with E-state index in [0.717, 1.165) is 28.9 Å². The average molecular weight is 415 g/mol. The summed E-state index contributed by atoms with van der Waals surface area (Å²) in [4.78, 5) is 50.6. The molecule has 1 atom stereocenters. The van der Waals surface area contributed by atoms with Crippen molar-refractivity contribution in [3.05, 3.63) is 29.3 Å². The lowest BCUT2D eigenvalue weighted by Crippen LogP contribution is -2.44. The molecule has 0 bridgehead atoms. The summed E-state index contributed by atoms with van der Waals surface area (Å²) in [5, 5.41) is 5.56. The summed E-state index contributed by atoms with van der Waals surface area (Å²) < 4.78 is 5.21. The molecule has 1 aromatic carbocycles. The number of hydrogen-bond donors (Lipinski definition) is 2. The van der Waals surface area contributed by atoms with Gasteiger partial charge in [0.2, 0.25) is 0 Å². The van der Waals surface area contributed by atoms with Crippen molar-refractivity contribution < 1.29 is 23.9 Å². The molecule has 1 aliphatic heterocycles. The van der Waals surface area contributed by atoms with Crippen LogP contribution in [0.3, 0.4) is 0 Å². The largest absolute Gasteiger partial charge is 0.451 e. The molecule has 3 rings (SSSR count). The van der Waals surface area contributed by atoms with Gasteiger partial charge in [-0.1, -0.05) is 44.9 Å². The maximum absolute atomic E-state index is 12.6. The highest BCUT2D eigenvalue weighted by Gasteiger charge is 2.52. The second-order valence-corrected chi connectivity index (χ2v) is 8.43. The Morgan fingerprint density at radius 1 is 1.20 bits per heavy atom. The maximum Gasteiger partial charge on any atom is 0.327 e. The predicted octanol–water partition coefficient (Wildman–Crippen LogP) is 2.85. The fourth-order valence-electron chi connectivity index (χ4n) is 4.12. The maximum atomic E-state index is 12.6. The number of aryl methyl sites for hydroxylation is 1. The van der Waals surface area contributed by atoms with E-state index in [4.69, 9.17) is 4.74 Å². The number of hydrogen-bond acceptors (Lipinski definition) is 5. The van der Waals surface area contributed by atoms with Gasteiger partial charge in [-0.3, -0.25) is 19.3 Å². The molecule has 1 saturated carbocycles. The van der Waals surface area contributed by atoms with E-state index in [0.29, 0.717) is 18.5 Å². The van der Waals surface area contributed by atoms with E-state index < -0.39 is 36.1 Å². The third-order valence-corrected chi connectivity index (χ3v) is 5.84. The second-order valence-electron chi connectivity index (χ2n) is 8.43. The molecular weight excluding hydrogens is 386 g/mol. The van der Waals surface area contributed by atoms with Crippen LogP contribution in [-0.4, -0.2) is 46.9 Å². The van der Waals surface area contributed by atoms with Gasteiger partial charge < -0.3 is 15.4 Å². The molecule has 162 valence electrons. The second kappa shape index (κ2) is 8.45.